The fourth-order valence-corrected chi connectivity index (χ4v) is 1.84. The van der Waals surface area contributed by atoms with Gasteiger partial charge in [-0.05, 0) is 17.7 Å². The first-order valence-electron chi connectivity index (χ1n) is 7.05. The van der Waals surface area contributed by atoms with E-state index in [9.17, 15) is 9.59 Å². The molecule has 0 aromatic heterocycles. The maximum absolute atomic E-state index is 11.7. The molecule has 22 heavy (non-hydrogen) atoms. The summed E-state index contributed by atoms with van der Waals surface area (Å²) in [6, 6.07) is 18.3. The summed E-state index contributed by atoms with van der Waals surface area (Å²) in [6.07, 6.45) is -0.210. The number of amides is 2. The first-order chi connectivity index (χ1) is 10.7. The van der Waals surface area contributed by atoms with Gasteiger partial charge in [0.25, 0.3) is 0 Å². The number of hydrogen-bond donors (Lipinski definition) is 2. The fourth-order valence-electron chi connectivity index (χ4n) is 1.84. The SMILES string of the molecule is O=C(Cc1ccccc1)NCCNC(=O)Oc1ccccc1. The van der Waals surface area contributed by atoms with Crippen LogP contribution in [0.3, 0.4) is 0 Å². The minimum Gasteiger partial charge on any atom is -0.410 e. The summed E-state index contributed by atoms with van der Waals surface area (Å²) < 4.78 is 5.05. The molecule has 2 aromatic rings. The number of rotatable bonds is 6. The van der Waals surface area contributed by atoms with Gasteiger partial charge in [-0.3, -0.25) is 4.79 Å². The first kappa shape index (κ1) is 15.6. The molecule has 2 aromatic carbocycles. The zero-order valence-electron chi connectivity index (χ0n) is 12.1. The third-order valence-corrected chi connectivity index (χ3v) is 2.88. The Kier molecular flexibility index (Phi) is 5.99. The molecule has 0 radical (unpaired) electrons. The summed E-state index contributed by atoms with van der Waals surface area (Å²) in [5.41, 5.74) is 0.955. The Balaban J connectivity index is 1.60. The minimum atomic E-state index is -0.538. The lowest BCUT2D eigenvalue weighted by Gasteiger charge is -2.08. The number of para-hydroxylation sites is 1. The molecule has 2 rings (SSSR count). The summed E-state index contributed by atoms with van der Waals surface area (Å²) in [7, 11) is 0. The maximum atomic E-state index is 11.7. The molecular formula is C17H18N2O3. The van der Waals surface area contributed by atoms with Crippen LogP contribution in [-0.2, 0) is 11.2 Å². The Hall–Kier alpha value is -2.82. The highest BCUT2D eigenvalue weighted by atomic mass is 16.6. The van der Waals surface area contributed by atoms with Crippen molar-refractivity contribution in [1.82, 2.24) is 10.6 Å². The topological polar surface area (TPSA) is 67.4 Å². The lowest BCUT2D eigenvalue weighted by atomic mass is 10.1. The number of carbonyl (C=O) groups is 2. The number of hydrogen-bond acceptors (Lipinski definition) is 3. The summed E-state index contributed by atoms with van der Waals surface area (Å²) >= 11 is 0. The normalized spacial score (nSPS) is 9.82. The van der Waals surface area contributed by atoms with Gasteiger partial charge < -0.3 is 15.4 Å². The lowest BCUT2D eigenvalue weighted by molar-refractivity contribution is -0.120. The first-order valence-corrected chi connectivity index (χ1v) is 7.05. The molecule has 5 nitrogen and oxygen atoms in total. The molecule has 0 aliphatic carbocycles. The molecule has 0 fully saturated rings. The van der Waals surface area contributed by atoms with Crippen LogP contribution in [0.15, 0.2) is 60.7 Å². The molecule has 114 valence electrons. The molecule has 5 heteroatoms. The van der Waals surface area contributed by atoms with Crippen LogP contribution < -0.4 is 15.4 Å². The highest BCUT2D eigenvalue weighted by molar-refractivity contribution is 5.78. The monoisotopic (exact) mass is 298 g/mol. The Morgan fingerprint density at radius 2 is 1.41 bits per heavy atom. The number of ether oxygens (including phenoxy) is 1. The molecule has 0 atom stereocenters. The predicted molar refractivity (Wildman–Crippen MR) is 83.6 cm³/mol. The standard InChI is InChI=1S/C17H18N2O3/c20-16(13-14-7-3-1-4-8-14)18-11-12-19-17(21)22-15-9-5-2-6-10-15/h1-10H,11-13H2,(H,18,20)(H,19,21). The van der Waals surface area contributed by atoms with Crippen LogP contribution in [0.2, 0.25) is 0 Å². The highest BCUT2D eigenvalue weighted by Gasteiger charge is 2.04. The van der Waals surface area contributed by atoms with Gasteiger partial charge in [-0.2, -0.15) is 0 Å². The van der Waals surface area contributed by atoms with Gasteiger partial charge in [0.05, 0.1) is 6.42 Å². The molecule has 0 saturated carbocycles. The van der Waals surface area contributed by atoms with Crippen LogP contribution in [0, 0.1) is 0 Å². The third kappa shape index (κ3) is 5.66. The van der Waals surface area contributed by atoms with Gasteiger partial charge in [0, 0.05) is 13.1 Å². The molecule has 0 aliphatic heterocycles. The zero-order chi connectivity index (χ0) is 15.6. The van der Waals surface area contributed by atoms with E-state index in [0.29, 0.717) is 25.3 Å². The summed E-state index contributed by atoms with van der Waals surface area (Å²) in [6.45, 7) is 0.668. The number of nitrogens with one attached hydrogen (secondary N) is 2. The van der Waals surface area contributed by atoms with Gasteiger partial charge in [0.1, 0.15) is 5.75 Å². The smallest absolute Gasteiger partial charge is 0.410 e. The van der Waals surface area contributed by atoms with Crippen LogP contribution in [0.5, 0.6) is 5.75 Å². The second-order valence-corrected chi connectivity index (χ2v) is 4.64. The van der Waals surface area contributed by atoms with E-state index < -0.39 is 6.09 Å². The van der Waals surface area contributed by atoms with Crippen LogP contribution in [0.1, 0.15) is 5.56 Å². The van der Waals surface area contributed by atoms with Crippen molar-refractivity contribution >= 4 is 12.0 Å². The van der Waals surface area contributed by atoms with Gasteiger partial charge in [0.2, 0.25) is 5.91 Å². The second-order valence-electron chi connectivity index (χ2n) is 4.64. The average molecular weight is 298 g/mol. The van der Waals surface area contributed by atoms with Crippen molar-refractivity contribution in [1.29, 1.82) is 0 Å². The van der Waals surface area contributed by atoms with Gasteiger partial charge >= 0.3 is 6.09 Å². The van der Waals surface area contributed by atoms with E-state index in [1.165, 1.54) is 0 Å². The molecule has 0 heterocycles. The average Bonchev–Trinajstić information content (AvgIpc) is 2.53. The van der Waals surface area contributed by atoms with Gasteiger partial charge in [-0.15, -0.1) is 0 Å². The quantitative estimate of drug-likeness (QED) is 0.803. The van der Waals surface area contributed by atoms with Crippen molar-refractivity contribution in [2.24, 2.45) is 0 Å². The Labute approximate surface area is 129 Å². The van der Waals surface area contributed by atoms with E-state index in [0.717, 1.165) is 5.56 Å². The summed E-state index contributed by atoms with van der Waals surface area (Å²) in [5.74, 6) is 0.400. The Morgan fingerprint density at radius 3 is 2.09 bits per heavy atom. The fraction of sp³-hybridized carbons (Fsp3) is 0.176. The molecule has 0 unspecified atom stereocenters. The number of benzene rings is 2. The molecular weight excluding hydrogens is 280 g/mol. The minimum absolute atomic E-state index is 0.0792. The molecule has 0 aliphatic rings. The van der Waals surface area contributed by atoms with Gasteiger partial charge in [-0.1, -0.05) is 48.5 Å². The molecule has 0 bridgehead atoms. The second kappa shape index (κ2) is 8.46. The molecule has 0 saturated heterocycles. The molecule has 0 spiro atoms. The van der Waals surface area contributed by atoms with E-state index in [1.807, 2.05) is 36.4 Å². The summed E-state index contributed by atoms with van der Waals surface area (Å²) in [4.78, 5) is 23.2. The molecule has 2 N–H and O–H groups in total. The van der Waals surface area contributed by atoms with Crippen molar-refractivity contribution in [3.05, 3.63) is 66.2 Å². The predicted octanol–water partition coefficient (Wildman–Crippen LogP) is 2.13. The van der Waals surface area contributed by atoms with Crippen molar-refractivity contribution in [3.63, 3.8) is 0 Å². The van der Waals surface area contributed by atoms with Crippen LogP contribution in [-0.4, -0.2) is 25.1 Å². The van der Waals surface area contributed by atoms with Crippen LogP contribution >= 0.6 is 0 Å². The summed E-state index contributed by atoms with van der Waals surface area (Å²) in [5, 5.41) is 5.32. The largest absolute Gasteiger partial charge is 0.412 e. The highest BCUT2D eigenvalue weighted by Crippen LogP contribution is 2.07. The molecule has 2 amide bonds. The van der Waals surface area contributed by atoms with E-state index in [1.54, 1.807) is 24.3 Å². The van der Waals surface area contributed by atoms with Crippen LogP contribution in [0.25, 0.3) is 0 Å². The van der Waals surface area contributed by atoms with Crippen molar-refractivity contribution in [2.45, 2.75) is 6.42 Å². The van der Waals surface area contributed by atoms with E-state index in [4.69, 9.17) is 4.74 Å². The Morgan fingerprint density at radius 1 is 0.818 bits per heavy atom. The zero-order valence-corrected chi connectivity index (χ0v) is 12.1. The van der Waals surface area contributed by atoms with E-state index >= 15 is 0 Å². The van der Waals surface area contributed by atoms with Crippen molar-refractivity contribution < 1.29 is 14.3 Å². The Bertz CT molecular complexity index is 544. The van der Waals surface area contributed by atoms with E-state index in [-0.39, 0.29) is 5.91 Å². The van der Waals surface area contributed by atoms with Crippen LogP contribution in [0.4, 0.5) is 4.79 Å². The maximum Gasteiger partial charge on any atom is 0.412 e. The number of carbonyl (C=O) groups excluding carboxylic acids is 2. The third-order valence-electron chi connectivity index (χ3n) is 2.88. The van der Waals surface area contributed by atoms with Gasteiger partial charge in [-0.25, -0.2) is 4.79 Å². The lowest BCUT2D eigenvalue weighted by Crippen LogP contribution is -2.36. The van der Waals surface area contributed by atoms with Crippen molar-refractivity contribution in [2.75, 3.05) is 13.1 Å². The van der Waals surface area contributed by atoms with Gasteiger partial charge in [0.15, 0.2) is 0 Å². The van der Waals surface area contributed by atoms with E-state index in [2.05, 4.69) is 10.6 Å². The van der Waals surface area contributed by atoms with Crippen molar-refractivity contribution in [3.8, 4) is 5.75 Å².